The zero-order valence-corrected chi connectivity index (χ0v) is 10.1. The van der Waals surface area contributed by atoms with Crippen molar-refractivity contribution in [1.29, 1.82) is 0 Å². The summed E-state index contributed by atoms with van der Waals surface area (Å²) in [6, 6.07) is 6.85. The number of hydrogen-bond acceptors (Lipinski definition) is 3. The number of benzene rings is 1. The maximum Gasteiger partial charge on any atom is 0.171 e. The number of hydrogen-bond donors (Lipinski definition) is 0. The lowest BCUT2D eigenvalue weighted by molar-refractivity contribution is 0.0964. The Bertz CT molecular complexity index is 511. The molecule has 4 heteroatoms. The van der Waals surface area contributed by atoms with Gasteiger partial charge >= 0.3 is 0 Å². The van der Waals surface area contributed by atoms with E-state index in [0.717, 1.165) is 0 Å². The van der Waals surface area contributed by atoms with Gasteiger partial charge in [0.2, 0.25) is 0 Å². The minimum absolute atomic E-state index is 0.0159. The van der Waals surface area contributed by atoms with Crippen molar-refractivity contribution in [2.24, 2.45) is 0 Å². The van der Waals surface area contributed by atoms with Crippen LogP contribution in [0.1, 0.15) is 28.9 Å². The van der Waals surface area contributed by atoms with E-state index in [2.05, 4.69) is 9.97 Å². The molecule has 0 aliphatic carbocycles. The molecule has 0 fully saturated rings. The third-order valence-electron chi connectivity index (χ3n) is 2.55. The molecule has 0 saturated carbocycles. The standard InChI is InChI=1S/C13H11ClN2O/c1-9(12-8-15-6-7-16-12)13(17)10-2-4-11(14)5-3-10/h2-9H,1H3. The van der Waals surface area contributed by atoms with E-state index in [9.17, 15) is 4.79 Å². The first-order valence-corrected chi connectivity index (χ1v) is 5.62. The fourth-order valence-electron chi connectivity index (χ4n) is 1.53. The van der Waals surface area contributed by atoms with Gasteiger partial charge in [0.1, 0.15) is 0 Å². The Balaban J connectivity index is 2.23. The summed E-state index contributed by atoms with van der Waals surface area (Å²) >= 11 is 5.78. The van der Waals surface area contributed by atoms with Gasteiger partial charge in [0.25, 0.3) is 0 Å². The molecule has 0 saturated heterocycles. The molecule has 2 aromatic rings. The highest BCUT2D eigenvalue weighted by Gasteiger charge is 2.18. The smallest absolute Gasteiger partial charge is 0.171 e. The number of halogens is 1. The molecule has 0 radical (unpaired) electrons. The Morgan fingerprint density at radius 3 is 2.53 bits per heavy atom. The molecule has 2 rings (SSSR count). The van der Waals surface area contributed by atoms with E-state index in [4.69, 9.17) is 11.6 Å². The molecule has 0 aliphatic rings. The second-order valence-corrected chi connectivity index (χ2v) is 4.16. The van der Waals surface area contributed by atoms with E-state index in [-0.39, 0.29) is 11.7 Å². The first kappa shape index (κ1) is 11.7. The van der Waals surface area contributed by atoms with Crippen LogP contribution in [0.4, 0.5) is 0 Å². The fourth-order valence-corrected chi connectivity index (χ4v) is 1.66. The van der Waals surface area contributed by atoms with Crippen LogP contribution in [0.3, 0.4) is 0 Å². The molecule has 3 nitrogen and oxygen atoms in total. The maximum absolute atomic E-state index is 12.1. The van der Waals surface area contributed by atoms with Crippen LogP contribution in [0.15, 0.2) is 42.9 Å². The summed E-state index contributed by atoms with van der Waals surface area (Å²) in [6.45, 7) is 1.82. The van der Waals surface area contributed by atoms with Crippen molar-refractivity contribution in [3.63, 3.8) is 0 Å². The van der Waals surface area contributed by atoms with Crippen molar-refractivity contribution < 1.29 is 4.79 Å². The predicted octanol–water partition coefficient (Wildman–Crippen LogP) is 3.12. The van der Waals surface area contributed by atoms with Gasteiger partial charge in [0.15, 0.2) is 5.78 Å². The SMILES string of the molecule is CC(C(=O)c1ccc(Cl)cc1)c1cnccn1. The average Bonchev–Trinajstić information content (AvgIpc) is 2.39. The molecule has 17 heavy (non-hydrogen) atoms. The van der Waals surface area contributed by atoms with Crippen molar-refractivity contribution in [3.8, 4) is 0 Å². The van der Waals surface area contributed by atoms with Crippen molar-refractivity contribution in [3.05, 3.63) is 59.1 Å². The highest BCUT2D eigenvalue weighted by atomic mass is 35.5. The zero-order valence-electron chi connectivity index (χ0n) is 9.30. The van der Waals surface area contributed by atoms with E-state index < -0.39 is 0 Å². The number of carbonyl (C=O) groups is 1. The monoisotopic (exact) mass is 246 g/mol. The minimum Gasteiger partial charge on any atom is -0.293 e. The lowest BCUT2D eigenvalue weighted by Gasteiger charge is -2.09. The summed E-state index contributed by atoms with van der Waals surface area (Å²) in [4.78, 5) is 20.2. The zero-order chi connectivity index (χ0) is 12.3. The van der Waals surface area contributed by atoms with Crippen LogP contribution in [0.2, 0.25) is 5.02 Å². The molecule has 0 bridgehead atoms. The first-order chi connectivity index (χ1) is 8.18. The van der Waals surface area contributed by atoms with Crippen molar-refractivity contribution in [2.75, 3.05) is 0 Å². The summed E-state index contributed by atoms with van der Waals surface area (Å²) in [5, 5.41) is 0.619. The fraction of sp³-hybridized carbons (Fsp3) is 0.154. The quantitative estimate of drug-likeness (QED) is 0.782. The summed E-state index contributed by atoms with van der Waals surface area (Å²) in [5.41, 5.74) is 1.31. The van der Waals surface area contributed by atoms with Crippen LogP contribution >= 0.6 is 11.6 Å². The van der Waals surface area contributed by atoms with Gasteiger partial charge < -0.3 is 0 Å². The summed E-state index contributed by atoms with van der Waals surface area (Å²) in [5.74, 6) is -0.285. The highest BCUT2D eigenvalue weighted by molar-refractivity contribution is 6.30. The second kappa shape index (κ2) is 5.06. The van der Waals surface area contributed by atoms with Gasteiger partial charge in [-0.1, -0.05) is 11.6 Å². The summed E-state index contributed by atoms with van der Waals surface area (Å²) in [6.07, 6.45) is 4.78. The van der Waals surface area contributed by atoms with Gasteiger partial charge in [-0.25, -0.2) is 0 Å². The molecule has 1 unspecified atom stereocenters. The Morgan fingerprint density at radius 1 is 1.24 bits per heavy atom. The number of ketones is 1. The van der Waals surface area contributed by atoms with Crippen LogP contribution in [-0.2, 0) is 0 Å². The largest absolute Gasteiger partial charge is 0.293 e. The maximum atomic E-state index is 12.1. The van der Waals surface area contributed by atoms with Crippen LogP contribution in [0.25, 0.3) is 0 Å². The molecule has 1 aromatic heterocycles. The Labute approximate surface area is 104 Å². The highest BCUT2D eigenvalue weighted by Crippen LogP contribution is 2.19. The third kappa shape index (κ3) is 2.68. The molecule has 0 amide bonds. The molecule has 86 valence electrons. The molecule has 1 heterocycles. The molecular weight excluding hydrogens is 236 g/mol. The third-order valence-corrected chi connectivity index (χ3v) is 2.80. The lowest BCUT2D eigenvalue weighted by Crippen LogP contribution is -2.11. The predicted molar refractivity (Wildman–Crippen MR) is 66.2 cm³/mol. The van der Waals surface area contributed by atoms with Gasteiger partial charge in [-0.3, -0.25) is 14.8 Å². The van der Waals surface area contributed by atoms with Gasteiger partial charge in [0, 0.05) is 29.2 Å². The van der Waals surface area contributed by atoms with Gasteiger partial charge in [-0.2, -0.15) is 0 Å². The number of Topliss-reactive ketones (excluding diaryl/α,β-unsaturated/α-hetero) is 1. The number of aromatic nitrogens is 2. The lowest BCUT2D eigenvalue weighted by atomic mass is 9.97. The topological polar surface area (TPSA) is 42.9 Å². The molecule has 0 aliphatic heterocycles. The van der Waals surface area contributed by atoms with Crippen LogP contribution in [0.5, 0.6) is 0 Å². The minimum atomic E-state index is -0.301. The first-order valence-electron chi connectivity index (χ1n) is 5.24. The molecule has 0 N–H and O–H groups in total. The molecular formula is C13H11ClN2O. The van der Waals surface area contributed by atoms with Crippen molar-refractivity contribution >= 4 is 17.4 Å². The molecule has 1 aromatic carbocycles. The summed E-state index contributed by atoms with van der Waals surface area (Å²) < 4.78 is 0. The van der Waals surface area contributed by atoms with Gasteiger partial charge in [0.05, 0.1) is 11.6 Å². The Hall–Kier alpha value is -1.74. The van der Waals surface area contributed by atoms with E-state index in [0.29, 0.717) is 16.3 Å². The van der Waals surface area contributed by atoms with Gasteiger partial charge in [-0.05, 0) is 31.2 Å². The number of rotatable bonds is 3. The second-order valence-electron chi connectivity index (χ2n) is 3.72. The van der Waals surface area contributed by atoms with E-state index >= 15 is 0 Å². The summed E-state index contributed by atoms with van der Waals surface area (Å²) in [7, 11) is 0. The Morgan fingerprint density at radius 2 is 1.94 bits per heavy atom. The molecule has 1 atom stereocenters. The van der Waals surface area contributed by atoms with Crippen LogP contribution < -0.4 is 0 Å². The van der Waals surface area contributed by atoms with Crippen LogP contribution in [0, 0.1) is 0 Å². The molecule has 0 spiro atoms. The average molecular weight is 247 g/mol. The number of nitrogens with zero attached hydrogens (tertiary/aromatic N) is 2. The van der Waals surface area contributed by atoms with Crippen LogP contribution in [-0.4, -0.2) is 15.8 Å². The van der Waals surface area contributed by atoms with E-state index in [1.165, 1.54) is 0 Å². The van der Waals surface area contributed by atoms with Gasteiger partial charge in [-0.15, -0.1) is 0 Å². The normalized spacial score (nSPS) is 12.1. The van der Waals surface area contributed by atoms with Crippen molar-refractivity contribution in [1.82, 2.24) is 9.97 Å². The van der Waals surface area contributed by atoms with E-state index in [1.807, 2.05) is 6.92 Å². The van der Waals surface area contributed by atoms with E-state index in [1.54, 1.807) is 42.9 Å². The Kier molecular flexibility index (Phi) is 3.49. The van der Waals surface area contributed by atoms with Crippen molar-refractivity contribution in [2.45, 2.75) is 12.8 Å². The number of carbonyl (C=O) groups excluding carboxylic acids is 1.